The number of rotatable bonds is 4. The van der Waals surface area contributed by atoms with E-state index in [4.69, 9.17) is 10.5 Å². The van der Waals surface area contributed by atoms with E-state index in [9.17, 15) is 4.39 Å². The van der Waals surface area contributed by atoms with Gasteiger partial charge in [0.1, 0.15) is 5.75 Å². The molecule has 2 rings (SSSR count). The summed E-state index contributed by atoms with van der Waals surface area (Å²) in [7, 11) is 0. The molecule has 0 fully saturated rings. The Morgan fingerprint density at radius 2 is 2.00 bits per heavy atom. The third kappa shape index (κ3) is 3.81. The zero-order valence-electron chi connectivity index (χ0n) is 11.5. The average Bonchev–Trinajstić information content (AvgIpc) is 2.37. The SMILES string of the molecule is Cc1cc(Oc2cc(Br)ccc2F)ccc1CC(C)N. The fourth-order valence-electron chi connectivity index (χ4n) is 1.99. The Hall–Kier alpha value is -1.39. The van der Waals surface area contributed by atoms with Gasteiger partial charge in [0.05, 0.1) is 0 Å². The Labute approximate surface area is 126 Å². The van der Waals surface area contributed by atoms with Crippen molar-refractivity contribution in [2.45, 2.75) is 26.3 Å². The first-order chi connectivity index (χ1) is 9.45. The van der Waals surface area contributed by atoms with Gasteiger partial charge in [-0.2, -0.15) is 0 Å². The van der Waals surface area contributed by atoms with E-state index in [-0.39, 0.29) is 17.6 Å². The molecule has 0 heterocycles. The molecule has 0 spiro atoms. The Morgan fingerprint density at radius 1 is 1.25 bits per heavy atom. The van der Waals surface area contributed by atoms with Gasteiger partial charge < -0.3 is 10.5 Å². The highest BCUT2D eigenvalue weighted by atomic mass is 79.9. The lowest BCUT2D eigenvalue weighted by atomic mass is 10.0. The lowest BCUT2D eigenvalue weighted by molar-refractivity contribution is 0.441. The van der Waals surface area contributed by atoms with Crippen molar-refractivity contribution >= 4 is 15.9 Å². The highest BCUT2D eigenvalue weighted by molar-refractivity contribution is 9.10. The molecule has 2 aromatic rings. The number of aryl methyl sites for hydroxylation is 1. The van der Waals surface area contributed by atoms with Crippen molar-refractivity contribution in [2.24, 2.45) is 5.73 Å². The van der Waals surface area contributed by atoms with Crippen LogP contribution >= 0.6 is 15.9 Å². The predicted octanol–water partition coefficient (Wildman–Crippen LogP) is 4.58. The van der Waals surface area contributed by atoms with Gasteiger partial charge in [-0.1, -0.05) is 22.0 Å². The maximum absolute atomic E-state index is 13.6. The number of benzene rings is 2. The minimum atomic E-state index is -0.384. The number of halogens is 2. The Bertz CT molecular complexity index is 613. The van der Waals surface area contributed by atoms with Crippen molar-refractivity contribution in [1.82, 2.24) is 0 Å². The number of hydrogen-bond acceptors (Lipinski definition) is 2. The number of nitrogens with two attached hydrogens (primary N) is 1. The Balaban J connectivity index is 2.22. The van der Waals surface area contributed by atoms with Crippen molar-refractivity contribution in [1.29, 1.82) is 0 Å². The maximum Gasteiger partial charge on any atom is 0.165 e. The van der Waals surface area contributed by atoms with E-state index in [2.05, 4.69) is 15.9 Å². The van der Waals surface area contributed by atoms with Gasteiger partial charge in [0.15, 0.2) is 11.6 Å². The summed E-state index contributed by atoms with van der Waals surface area (Å²) in [4.78, 5) is 0. The van der Waals surface area contributed by atoms with Crippen LogP contribution in [0.25, 0.3) is 0 Å². The normalized spacial score (nSPS) is 12.2. The first-order valence-electron chi connectivity index (χ1n) is 6.43. The van der Waals surface area contributed by atoms with Crippen LogP contribution in [0.5, 0.6) is 11.5 Å². The predicted molar refractivity (Wildman–Crippen MR) is 82.7 cm³/mol. The first kappa shape index (κ1) is 15.0. The van der Waals surface area contributed by atoms with Crippen LogP contribution in [0.15, 0.2) is 40.9 Å². The summed E-state index contributed by atoms with van der Waals surface area (Å²) in [5.74, 6) is 0.442. The second-order valence-corrected chi connectivity index (χ2v) is 5.86. The fraction of sp³-hybridized carbons (Fsp3) is 0.250. The van der Waals surface area contributed by atoms with Crippen LogP contribution < -0.4 is 10.5 Å². The molecule has 0 bridgehead atoms. The van der Waals surface area contributed by atoms with Gasteiger partial charge >= 0.3 is 0 Å². The van der Waals surface area contributed by atoms with Gasteiger partial charge in [-0.25, -0.2) is 4.39 Å². The zero-order chi connectivity index (χ0) is 14.7. The third-order valence-electron chi connectivity index (χ3n) is 2.98. The van der Waals surface area contributed by atoms with Crippen LogP contribution in [-0.4, -0.2) is 6.04 Å². The van der Waals surface area contributed by atoms with Crippen molar-refractivity contribution in [3.8, 4) is 11.5 Å². The number of ether oxygens (including phenoxy) is 1. The molecule has 0 aliphatic carbocycles. The van der Waals surface area contributed by atoms with Crippen molar-refractivity contribution in [3.63, 3.8) is 0 Å². The summed E-state index contributed by atoms with van der Waals surface area (Å²) >= 11 is 3.30. The maximum atomic E-state index is 13.6. The lowest BCUT2D eigenvalue weighted by Gasteiger charge is -2.12. The minimum Gasteiger partial charge on any atom is -0.454 e. The second-order valence-electron chi connectivity index (χ2n) is 4.95. The molecule has 2 nitrogen and oxygen atoms in total. The van der Waals surface area contributed by atoms with Gasteiger partial charge in [-0.3, -0.25) is 0 Å². The third-order valence-corrected chi connectivity index (χ3v) is 3.47. The topological polar surface area (TPSA) is 35.2 Å². The molecule has 2 aromatic carbocycles. The molecule has 4 heteroatoms. The van der Waals surface area contributed by atoms with Gasteiger partial charge in [0, 0.05) is 10.5 Å². The number of hydrogen-bond donors (Lipinski definition) is 1. The molecule has 106 valence electrons. The highest BCUT2D eigenvalue weighted by Gasteiger charge is 2.08. The smallest absolute Gasteiger partial charge is 0.165 e. The van der Waals surface area contributed by atoms with Gasteiger partial charge in [0.25, 0.3) is 0 Å². The van der Waals surface area contributed by atoms with Gasteiger partial charge in [-0.05, 0) is 61.7 Å². The van der Waals surface area contributed by atoms with E-state index in [1.807, 2.05) is 32.0 Å². The summed E-state index contributed by atoms with van der Waals surface area (Å²) in [6.45, 7) is 3.97. The molecular formula is C16H17BrFNO. The quantitative estimate of drug-likeness (QED) is 0.886. The molecule has 0 amide bonds. The van der Waals surface area contributed by atoms with Crippen LogP contribution in [0.3, 0.4) is 0 Å². The van der Waals surface area contributed by atoms with E-state index in [0.29, 0.717) is 5.75 Å². The second kappa shape index (κ2) is 6.37. The van der Waals surface area contributed by atoms with Crippen LogP contribution in [-0.2, 0) is 6.42 Å². The molecule has 0 aromatic heterocycles. The van der Waals surface area contributed by atoms with E-state index in [1.54, 1.807) is 12.1 Å². The molecule has 20 heavy (non-hydrogen) atoms. The lowest BCUT2D eigenvalue weighted by Crippen LogP contribution is -2.18. The van der Waals surface area contributed by atoms with Crippen LogP contribution in [0.4, 0.5) is 4.39 Å². The Kier molecular flexibility index (Phi) is 4.78. The highest BCUT2D eigenvalue weighted by Crippen LogP contribution is 2.28. The molecule has 2 N–H and O–H groups in total. The van der Waals surface area contributed by atoms with E-state index in [1.165, 1.54) is 11.6 Å². The molecule has 1 unspecified atom stereocenters. The largest absolute Gasteiger partial charge is 0.454 e. The van der Waals surface area contributed by atoms with Crippen molar-refractivity contribution in [2.75, 3.05) is 0 Å². The molecule has 0 saturated heterocycles. The van der Waals surface area contributed by atoms with Crippen LogP contribution in [0.1, 0.15) is 18.1 Å². The summed E-state index contributed by atoms with van der Waals surface area (Å²) in [5, 5.41) is 0. The molecule has 0 aliphatic heterocycles. The summed E-state index contributed by atoms with van der Waals surface area (Å²) in [6.07, 6.45) is 0.817. The van der Waals surface area contributed by atoms with Crippen LogP contribution in [0, 0.1) is 12.7 Å². The summed E-state index contributed by atoms with van der Waals surface area (Å²) in [6, 6.07) is 10.5. The van der Waals surface area contributed by atoms with E-state index in [0.717, 1.165) is 16.5 Å². The standard InChI is InChI=1S/C16H17BrFNO/c1-10-7-14(5-3-12(10)8-11(2)19)20-16-9-13(17)4-6-15(16)18/h3-7,9,11H,8,19H2,1-2H3. The van der Waals surface area contributed by atoms with Gasteiger partial charge in [0.2, 0.25) is 0 Å². The van der Waals surface area contributed by atoms with Crippen LogP contribution in [0.2, 0.25) is 0 Å². The Morgan fingerprint density at radius 3 is 2.65 bits per heavy atom. The van der Waals surface area contributed by atoms with Gasteiger partial charge in [-0.15, -0.1) is 0 Å². The van der Waals surface area contributed by atoms with Crippen molar-refractivity contribution in [3.05, 3.63) is 57.8 Å². The first-order valence-corrected chi connectivity index (χ1v) is 7.23. The zero-order valence-corrected chi connectivity index (χ0v) is 13.1. The monoisotopic (exact) mass is 337 g/mol. The molecular weight excluding hydrogens is 321 g/mol. The van der Waals surface area contributed by atoms with Crippen molar-refractivity contribution < 1.29 is 9.13 Å². The van der Waals surface area contributed by atoms with E-state index >= 15 is 0 Å². The average molecular weight is 338 g/mol. The summed E-state index contributed by atoms with van der Waals surface area (Å²) < 4.78 is 20.0. The minimum absolute atomic E-state index is 0.114. The summed E-state index contributed by atoms with van der Waals surface area (Å²) in [5.41, 5.74) is 8.08. The molecule has 0 aliphatic rings. The fourth-order valence-corrected chi connectivity index (χ4v) is 2.33. The van der Waals surface area contributed by atoms with E-state index < -0.39 is 0 Å². The molecule has 0 saturated carbocycles. The molecule has 0 radical (unpaired) electrons. The molecule has 1 atom stereocenters.